The molecule has 0 aliphatic rings. The number of nitrogens with one attached hydrogen (secondary N) is 2. The van der Waals surface area contributed by atoms with Crippen LogP contribution in [0.25, 0.3) is 32.5 Å². The molecule has 0 fully saturated rings. The van der Waals surface area contributed by atoms with E-state index in [-0.39, 0.29) is 11.8 Å². The van der Waals surface area contributed by atoms with Gasteiger partial charge in [0.2, 0.25) is 5.91 Å². The Bertz CT molecular complexity index is 1140. The lowest BCUT2D eigenvalue weighted by Gasteiger charge is -2.05. The number of amides is 1. The molecule has 132 valence electrons. The normalized spacial score (nSPS) is 11.5. The molecular formula is C17H17N7OS. The smallest absolute Gasteiger partial charge is 0.223 e. The molecule has 1 amide bonds. The Balaban J connectivity index is 1.83. The number of nitrogens with zero attached hydrogens (tertiary/aromatic N) is 4. The summed E-state index contributed by atoms with van der Waals surface area (Å²) in [4.78, 5) is 24.5. The lowest BCUT2D eigenvalue weighted by molar-refractivity contribution is -0.114. The maximum Gasteiger partial charge on any atom is 0.223 e. The number of rotatable bonds is 3. The van der Waals surface area contributed by atoms with Gasteiger partial charge in [0.05, 0.1) is 21.3 Å². The minimum atomic E-state index is -0.144. The summed E-state index contributed by atoms with van der Waals surface area (Å²) in [6, 6.07) is 5.82. The molecule has 4 rings (SSSR count). The fourth-order valence-electron chi connectivity index (χ4n) is 2.72. The molecule has 26 heavy (non-hydrogen) atoms. The lowest BCUT2D eigenvalue weighted by atomic mass is 10.1. The molecule has 0 unspecified atom stereocenters. The van der Waals surface area contributed by atoms with Crippen LogP contribution >= 0.6 is 11.3 Å². The molecule has 0 bridgehead atoms. The van der Waals surface area contributed by atoms with E-state index in [1.165, 1.54) is 18.3 Å². The second kappa shape index (κ2) is 6.03. The first-order valence-electron chi connectivity index (χ1n) is 8.12. The van der Waals surface area contributed by atoms with Crippen molar-refractivity contribution in [1.82, 2.24) is 25.1 Å². The number of hydrogen-bond donors (Lipinski definition) is 3. The molecule has 3 aromatic heterocycles. The van der Waals surface area contributed by atoms with Crippen LogP contribution in [-0.2, 0) is 4.79 Å². The average molecular weight is 367 g/mol. The van der Waals surface area contributed by atoms with E-state index in [0.29, 0.717) is 27.8 Å². The van der Waals surface area contributed by atoms with Crippen LogP contribution in [-0.4, -0.2) is 31.1 Å². The van der Waals surface area contributed by atoms with Gasteiger partial charge in [-0.2, -0.15) is 5.10 Å². The van der Waals surface area contributed by atoms with Crippen molar-refractivity contribution in [1.29, 1.82) is 0 Å². The van der Waals surface area contributed by atoms with Crippen LogP contribution in [0, 0.1) is 0 Å². The van der Waals surface area contributed by atoms with Crippen molar-refractivity contribution in [2.24, 2.45) is 0 Å². The molecule has 0 spiro atoms. The Morgan fingerprint density at radius 1 is 1.27 bits per heavy atom. The largest absolute Gasteiger partial charge is 0.383 e. The second-order valence-electron chi connectivity index (χ2n) is 6.30. The SMILES string of the molecule is CC(=O)Nc1nc2ccc(-c3[nH]nc4nc(C(C)C)nc(N)c34)cc2s1. The Kier molecular flexibility index (Phi) is 3.80. The Labute approximate surface area is 152 Å². The van der Waals surface area contributed by atoms with E-state index >= 15 is 0 Å². The predicted octanol–water partition coefficient (Wildman–Crippen LogP) is 3.29. The predicted molar refractivity (Wildman–Crippen MR) is 103 cm³/mol. The van der Waals surface area contributed by atoms with Crippen LogP contribution < -0.4 is 11.1 Å². The minimum Gasteiger partial charge on any atom is -0.383 e. The topological polar surface area (TPSA) is 122 Å². The van der Waals surface area contributed by atoms with Crippen LogP contribution in [0.2, 0.25) is 0 Å². The van der Waals surface area contributed by atoms with Gasteiger partial charge in [-0.25, -0.2) is 15.0 Å². The van der Waals surface area contributed by atoms with E-state index in [0.717, 1.165) is 21.5 Å². The van der Waals surface area contributed by atoms with Crippen molar-refractivity contribution in [3.63, 3.8) is 0 Å². The summed E-state index contributed by atoms with van der Waals surface area (Å²) in [5.41, 5.74) is 9.23. The molecule has 0 atom stereocenters. The van der Waals surface area contributed by atoms with Crippen LogP contribution in [0.3, 0.4) is 0 Å². The number of H-pyrrole nitrogens is 1. The number of nitrogens with two attached hydrogens (primary N) is 1. The highest BCUT2D eigenvalue weighted by Crippen LogP contribution is 2.34. The van der Waals surface area contributed by atoms with Crippen LogP contribution in [0.15, 0.2) is 18.2 Å². The Morgan fingerprint density at radius 2 is 2.08 bits per heavy atom. The van der Waals surface area contributed by atoms with Crippen molar-refractivity contribution >= 4 is 49.4 Å². The fourth-order valence-corrected chi connectivity index (χ4v) is 3.67. The van der Waals surface area contributed by atoms with E-state index in [4.69, 9.17) is 5.73 Å². The summed E-state index contributed by atoms with van der Waals surface area (Å²) >= 11 is 1.41. The quantitative estimate of drug-likeness (QED) is 0.510. The number of nitrogen functional groups attached to an aromatic ring is 1. The summed E-state index contributed by atoms with van der Waals surface area (Å²) in [6.07, 6.45) is 0. The van der Waals surface area contributed by atoms with Crippen molar-refractivity contribution in [3.05, 3.63) is 24.0 Å². The van der Waals surface area contributed by atoms with Gasteiger partial charge in [-0.3, -0.25) is 9.89 Å². The fraction of sp³-hybridized carbons (Fsp3) is 0.235. The molecule has 1 aromatic carbocycles. The van der Waals surface area contributed by atoms with Crippen LogP contribution in [0.1, 0.15) is 32.5 Å². The molecule has 0 radical (unpaired) electrons. The molecule has 4 N–H and O–H groups in total. The summed E-state index contributed by atoms with van der Waals surface area (Å²) in [5, 5.41) is 11.3. The van der Waals surface area contributed by atoms with Gasteiger partial charge in [0.1, 0.15) is 11.6 Å². The summed E-state index contributed by atoms with van der Waals surface area (Å²) < 4.78 is 0.951. The van der Waals surface area contributed by atoms with Gasteiger partial charge >= 0.3 is 0 Å². The van der Waals surface area contributed by atoms with E-state index in [2.05, 4.69) is 30.5 Å². The van der Waals surface area contributed by atoms with Gasteiger partial charge < -0.3 is 11.1 Å². The zero-order valence-corrected chi connectivity index (χ0v) is 15.3. The first-order chi connectivity index (χ1) is 12.4. The molecule has 0 aliphatic carbocycles. The second-order valence-corrected chi connectivity index (χ2v) is 7.33. The monoisotopic (exact) mass is 367 g/mol. The van der Waals surface area contributed by atoms with Crippen molar-refractivity contribution in [2.75, 3.05) is 11.1 Å². The summed E-state index contributed by atoms with van der Waals surface area (Å²) in [7, 11) is 0. The van der Waals surface area contributed by atoms with Crippen molar-refractivity contribution in [2.45, 2.75) is 26.7 Å². The van der Waals surface area contributed by atoms with Gasteiger partial charge in [-0.05, 0) is 12.1 Å². The first kappa shape index (κ1) is 16.4. The molecule has 0 saturated heterocycles. The molecule has 4 aromatic rings. The van der Waals surface area contributed by atoms with E-state index < -0.39 is 0 Å². The number of aromatic amines is 1. The van der Waals surface area contributed by atoms with E-state index in [9.17, 15) is 4.79 Å². The zero-order chi connectivity index (χ0) is 18.4. The van der Waals surface area contributed by atoms with E-state index in [1.54, 1.807) is 0 Å². The number of anilines is 2. The number of carbonyl (C=O) groups excluding carboxylic acids is 1. The number of carbonyl (C=O) groups is 1. The number of aromatic nitrogens is 5. The van der Waals surface area contributed by atoms with Gasteiger partial charge in [0.15, 0.2) is 10.8 Å². The van der Waals surface area contributed by atoms with Gasteiger partial charge in [0.25, 0.3) is 0 Å². The zero-order valence-electron chi connectivity index (χ0n) is 14.5. The summed E-state index contributed by atoms with van der Waals surface area (Å²) in [6.45, 7) is 5.49. The maximum atomic E-state index is 11.2. The van der Waals surface area contributed by atoms with Gasteiger partial charge in [0, 0.05) is 18.4 Å². The Hall–Kier alpha value is -3.07. The standard InChI is InChI=1S/C17H17N7OS/c1-7(2)15-21-14(18)12-13(23-24-16(12)22-15)9-4-5-10-11(6-9)26-17(20-10)19-8(3)25/h4-7H,1-3H3,(H,19,20,25)(H3,18,21,22,23,24). The molecule has 0 aliphatic heterocycles. The Morgan fingerprint density at radius 3 is 2.81 bits per heavy atom. The van der Waals surface area contributed by atoms with Crippen LogP contribution in [0.5, 0.6) is 0 Å². The molecule has 0 saturated carbocycles. The number of thiazole rings is 1. The van der Waals surface area contributed by atoms with Gasteiger partial charge in [-0.15, -0.1) is 0 Å². The number of fused-ring (bicyclic) bond motifs is 2. The highest BCUT2D eigenvalue weighted by molar-refractivity contribution is 7.22. The first-order valence-corrected chi connectivity index (χ1v) is 8.94. The average Bonchev–Trinajstić information content (AvgIpc) is 3.16. The molecule has 8 nitrogen and oxygen atoms in total. The molecule has 9 heteroatoms. The maximum absolute atomic E-state index is 11.2. The van der Waals surface area contributed by atoms with Crippen LogP contribution in [0.4, 0.5) is 10.9 Å². The van der Waals surface area contributed by atoms with E-state index in [1.807, 2.05) is 32.0 Å². The van der Waals surface area contributed by atoms with Crippen molar-refractivity contribution < 1.29 is 4.79 Å². The minimum absolute atomic E-state index is 0.144. The number of hydrogen-bond acceptors (Lipinski definition) is 7. The van der Waals surface area contributed by atoms with Gasteiger partial charge in [-0.1, -0.05) is 31.3 Å². The summed E-state index contributed by atoms with van der Waals surface area (Å²) in [5.74, 6) is 1.11. The molecule has 3 heterocycles. The third-order valence-electron chi connectivity index (χ3n) is 3.94. The van der Waals surface area contributed by atoms with Crippen molar-refractivity contribution in [3.8, 4) is 11.3 Å². The molecular weight excluding hydrogens is 350 g/mol. The highest BCUT2D eigenvalue weighted by atomic mass is 32.1. The lowest BCUT2D eigenvalue weighted by Crippen LogP contribution is -2.04. The third kappa shape index (κ3) is 2.76. The third-order valence-corrected chi connectivity index (χ3v) is 4.87. The number of benzene rings is 1. The highest BCUT2D eigenvalue weighted by Gasteiger charge is 2.17.